The Morgan fingerprint density at radius 3 is 2.28 bits per heavy atom. The van der Waals surface area contributed by atoms with Crippen LogP contribution in [-0.2, 0) is 0 Å². The fourth-order valence-electron chi connectivity index (χ4n) is 3.64. The molecule has 2 amide bonds. The van der Waals surface area contributed by atoms with Gasteiger partial charge in [0.2, 0.25) is 11.8 Å². The SMILES string of the molecule is COc1cncc(OC2CCC(NC(=O)NC3CCCCC3)CC2)n1. The molecule has 2 fully saturated rings. The van der Waals surface area contributed by atoms with Crippen LogP contribution in [0, 0.1) is 0 Å². The monoisotopic (exact) mass is 348 g/mol. The second-order valence-corrected chi connectivity index (χ2v) is 6.94. The maximum absolute atomic E-state index is 12.1. The zero-order chi connectivity index (χ0) is 17.5. The van der Waals surface area contributed by atoms with Gasteiger partial charge in [-0.1, -0.05) is 19.3 Å². The van der Waals surface area contributed by atoms with E-state index in [-0.39, 0.29) is 18.2 Å². The molecular formula is C18H28N4O3. The van der Waals surface area contributed by atoms with Crippen LogP contribution in [0.4, 0.5) is 4.79 Å². The van der Waals surface area contributed by atoms with Crippen molar-refractivity contribution in [2.75, 3.05) is 7.11 Å². The zero-order valence-electron chi connectivity index (χ0n) is 14.9. The molecule has 2 saturated carbocycles. The van der Waals surface area contributed by atoms with Crippen molar-refractivity contribution >= 4 is 6.03 Å². The lowest BCUT2D eigenvalue weighted by atomic mass is 9.93. The fourth-order valence-corrected chi connectivity index (χ4v) is 3.64. The van der Waals surface area contributed by atoms with Gasteiger partial charge in [0.15, 0.2) is 0 Å². The van der Waals surface area contributed by atoms with Crippen molar-refractivity contribution in [2.45, 2.75) is 76.0 Å². The molecule has 138 valence electrons. The highest BCUT2D eigenvalue weighted by Gasteiger charge is 2.25. The Bertz CT molecular complexity index is 555. The van der Waals surface area contributed by atoms with Gasteiger partial charge >= 0.3 is 6.03 Å². The second-order valence-electron chi connectivity index (χ2n) is 6.94. The van der Waals surface area contributed by atoms with Crippen molar-refractivity contribution in [2.24, 2.45) is 0 Å². The highest BCUT2D eigenvalue weighted by Crippen LogP contribution is 2.23. The van der Waals surface area contributed by atoms with Crippen molar-refractivity contribution in [1.82, 2.24) is 20.6 Å². The molecule has 25 heavy (non-hydrogen) atoms. The predicted octanol–water partition coefficient (Wildman–Crippen LogP) is 2.81. The van der Waals surface area contributed by atoms with Crippen LogP contribution in [0.1, 0.15) is 57.8 Å². The summed E-state index contributed by atoms with van der Waals surface area (Å²) < 4.78 is 10.9. The Balaban J connectivity index is 1.38. The standard InChI is InChI=1S/C18H28N4O3/c1-24-16-11-19-12-17(22-16)25-15-9-7-14(8-10-15)21-18(23)20-13-5-3-2-4-6-13/h11-15H,2-10H2,1H3,(H2,20,21,23). The number of nitrogens with one attached hydrogen (secondary N) is 2. The Kier molecular flexibility index (Phi) is 6.30. The quantitative estimate of drug-likeness (QED) is 0.855. The summed E-state index contributed by atoms with van der Waals surface area (Å²) >= 11 is 0. The number of rotatable bonds is 5. The largest absolute Gasteiger partial charge is 0.480 e. The molecule has 3 rings (SSSR count). The molecular weight excluding hydrogens is 320 g/mol. The number of hydrogen-bond acceptors (Lipinski definition) is 5. The van der Waals surface area contributed by atoms with E-state index in [0.717, 1.165) is 38.5 Å². The number of amides is 2. The fraction of sp³-hybridized carbons (Fsp3) is 0.722. The summed E-state index contributed by atoms with van der Waals surface area (Å²) in [6, 6.07) is 0.551. The van der Waals surface area contributed by atoms with Crippen LogP contribution in [0.5, 0.6) is 11.8 Å². The van der Waals surface area contributed by atoms with Gasteiger partial charge in [-0.3, -0.25) is 4.98 Å². The number of carbonyl (C=O) groups excluding carboxylic acids is 1. The van der Waals surface area contributed by atoms with E-state index >= 15 is 0 Å². The third-order valence-electron chi connectivity index (χ3n) is 5.04. The number of carbonyl (C=O) groups is 1. The first-order chi connectivity index (χ1) is 12.2. The van der Waals surface area contributed by atoms with Gasteiger partial charge < -0.3 is 20.1 Å². The van der Waals surface area contributed by atoms with Gasteiger partial charge in [0, 0.05) is 12.1 Å². The lowest BCUT2D eigenvalue weighted by molar-refractivity contribution is 0.133. The highest BCUT2D eigenvalue weighted by atomic mass is 16.5. The summed E-state index contributed by atoms with van der Waals surface area (Å²) in [5.41, 5.74) is 0. The van der Waals surface area contributed by atoms with E-state index in [9.17, 15) is 4.79 Å². The Labute approximate surface area is 148 Å². The van der Waals surface area contributed by atoms with Gasteiger partial charge in [-0.05, 0) is 38.5 Å². The minimum atomic E-state index is -0.0186. The summed E-state index contributed by atoms with van der Waals surface area (Å²) in [6.07, 6.45) is 12.8. The molecule has 7 nitrogen and oxygen atoms in total. The van der Waals surface area contributed by atoms with Crippen molar-refractivity contribution in [3.63, 3.8) is 0 Å². The molecule has 0 bridgehead atoms. The second kappa shape index (κ2) is 8.87. The number of aromatic nitrogens is 2. The number of ether oxygens (including phenoxy) is 2. The van der Waals surface area contributed by atoms with Crippen LogP contribution < -0.4 is 20.1 Å². The van der Waals surface area contributed by atoms with Gasteiger partial charge in [-0.25, -0.2) is 4.79 Å². The number of methoxy groups -OCH3 is 1. The Morgan fingerprint density at radius 2 is 1.60 bits per heavy atom. The molecule has 0 aromatic carbocycles. The van der Waals surface area contributed by atoms with Crippen molar-refractivity contribution in [1.29, 1.82) is 0 Å². The topological polar surface area (TPSA) is 85.4 Å². The summed E-state index contributed by atoms with van der Waals surface area (Å²) in [6.45, 7) is 0. The molecule has 1 aromatic heterocycles. The third-order valence-corrected chi connectivity index (χ3v) is 5.04. The Morgan fingerprint density at radius 1 is 0.960 bits per heavy atom. The van der Waals surface area contributed by atoms with Crippen molar-refractivity contribution in [3.05, 3.63) is 12.4 Å². The molecule has 0 radical (unpaired) electrons. The first kappa shape index (κ1) is 17.8. The van der Waals surface area contributed by atoms with Gasteiger partial charge in [0.05, 0.1) is 19.5 Å². The average molecular weight is 348 g/mol. The summed E-state index contributed by atoms with van der Waals surface area (Å²) in [4.78, 5) is 20.4. The summed E-state index contributed by atoms with van der Waals surface area (Å²) in [5, 5.41) is 6.23. The molecule has 1 aromatic rings. The molecule has 2 aliphatic rings. The van der Waals surface area contributed by atoms with Gasteiger partial charge in [0.1, 0.15) is 6.10 Å². The molecule has 2 aliphatic carbocycles. The smallest absolute Gasteiger partial charge is 0.315 e. The van der Waals surface area contributed by atoms with E-state index in [2.05, 4.69) is 20.6 Å². The minimum absolute atomic E-state index is 0.0186. The Hall–Kier alpha value is -2.05. The third kappa shape index (κ3) is 5.47. The summed E-state index contributed by atoms with van der Waals surface area (Å²) in [5.74, 6) is 0.943. The van der Waals surface area contributed by atoms with E-state index in [1.807, 2.05) is 0 Å². The van der Waals surface area contributed by atoms with Crippen LogP contribution in [0.3, 0.4) is 0 Å². The molecule has 0 unspecified atom stereocenters. The molecule has 0 saturated heterocycles. The van der Waals surface area contributed by atoms with Crippen molar-refractivity contribution in [3.8, 4) is 11.8 Å². The first-order valence-corrected chi connectivity index (χ1v) is 9.32. The molecule has 2 N–H and O–H groups in total. The van der Waals surface area contributed by atoms with Gasteiger partial charge in [0.25, 0.3) is 0 Å². The van der Waals surface area contributed by atoms with E-state index in [1.165, 1.54) is 19.3 Å². The highest BCUT2D eigenvalue weighted by molar-refractivity contribution is 5.74. The maximum Gasteiger partial charge on any atom is 0.315 e. The lowest BCUT2D eigenvalue weighted by Crippen LogP contribution is -2.48. The average Bonchev–Trinajstić information content (AvgIpc) is 2.64. The first-order valence-electron chi connectivity index (χ1n) is 9.32. The lowest BCUT2D eigenvalue weighted by Gasteiger charge is -2.30. The molecule has 7 heteroatoms. The maximum atomic E-state index is 12.1. The number of hydrogen-bond donors (Lipinski definition) is 2. The molecule has 0 atom stereocenters. The molecule has 1 heterocycles. The number of nitrogens with zero attached hydrogens (tertiary/aromatic N) is 2. The summed E-state index contributed by atoms with van der Waals surface area (Å²) in [7, 11) is 1.56. The van der Waals surface area contributed by atoms with Gasteiger partial charge in [-0.2, -0.15) is 4.98 Å². The minimum Gasteiger partial charge on any atom is -0.480 e. The zero-order valence-corrected chi connectivity index (χ0v) is 14.9. The van der Waals surface area contributed by atoms with E-state index in [4.69, 9.17) is 9.47 Å². The molecule has 0 spiro atoms. The predicted molar refractivity (Wildman–Crippen MR) is 93.8 cm³/mol. The van der Waals surface area contributed by atoms with Crippen LogP contribution in [-0.4, -0.2) is 41.3 Å². The van der Waals surface area contributed by atoms with Crippen LogP contribution in [0.2, 0.25) is 0 Å². The van der Waals surface area contributed by atoms with E-state index < -0.39 is 0 Å². The van der Waals surface area contributed by atoms with Crippen molar-refractivity contribution < 1.29 is 14.3 Å². The van der Waals surface area contributed by atoms with Crippen LogP contribution >= 0.6 is 0 Å². The van der Waals surface area contributed by atoms with Crippen LogP contribution in [0.15, 0.2) is 12.4 Å². The van der Waals surface area contributed by atoms with Crippen LogP contribution in [0.25, 0.3) is 0 Å². The van der Waals surface area contributed by atoms with E-state index in [1.54, 1.807) is 19.5 Å². The van der Waals surface area contributed by atoms with E-state index in [0.29, 0.717) is 17.8 Å². The normalized spacial score (nSPS) is 24.4. The molecule has 0 aliphatic heterocycles. The number of urea groups is 1. The van der Waals surface area contributed by atoms with Gasteiger partial charge in [-0.15, -0.1) is 0 Å².